The third-order valence-electron chi connectivity index (χ3n) is 3.59. The molecule has 1 fully saturated rings. The molecule has 19 heavy (non-hydrogen) atoms. The van der Waals surface area contributed by atoms with Gasteiger partial charge in [-0.15, -0.1) is 0 Å². The van der Waals surface area contributed by atoms with Gasteiger partial charge in [0.2, 0.25) is 0 Å². The van der Waals surface area contributed by atoms with E-state index in [2.05, 4.69) is 11.5 Å². The highest BCUT2D eigenvalue weighted by Crippen LogP contribution is 2.40. The minimum absolute atomic E-state index is 0.0648. The summed E-state index contributed by atoms with van der Waals surface area (Å²) in [5.74, 6) is 1.00. The molecule has 1 heterocycles. The van der Waals surface area contributed by atoms with E-state index in [0.717, 1.165) is 29.6 Å². The second-order valence-corrected chi connectivity index (χ2v) is 5.29. The molecule has 1 aromatic carbocycles. The molecule has 1 aliphatic rings. The van der Waals surface area contributed by atoms with Gasteiger partial charge in [0.1, 0.15) is 5.82 Å². The van der Waals surface area contributed by atoms with Crippen LogP contribution in [0.25, 0.3) is 11.0 Å². The summed E-state index contributed by atoms with van der Waals surface area (Å²) in [4.78, 5) is 15.5. The Hall–Kier alpha value is -1.84. The van der Waals surface area contributed by atoms with Crippen molar-refractivity contribution in [2.45, 2.75) is 45.1 Å². The second kappa shape index (κ2) is 4.68. The first kappa shape index (κ1) is 12.2. The van der Waals surface area contributed by atoms with Crippen LogP contribution in [0.5, 0.6) is 0 Å². The van der Waals surface area contributed by atoms with E-state index in [1.54, 1.807) is 0 Å². The van der Waals surface area contributed by atoms with Crippen molar-refractivity contribution in [3.63, 3.8) is 0 Å². The van der Waals surface area contributed by atoms with Crippen molar-refractivity contribution in [2.24, 2.45) is 0 Å². The molecule has 0 bridgehead atoms. The number of aromatic nitrogens is 2. The third-order valence-corrected chi connectivity index (χ3v) is 3.59. The van der Waals surface area contributed by atoms with Gasteiger partial charge in [-0.3, -0.25) is 4.79 Å². The summed E-state index contributed by atoms with van der Waals surface area (Å²) in [7, 11) is 0. The smallest absolute Gasteiger partial charge is 0.307 e. The molecular formula is C15H18N2O2. The summed E-state index contributed by atoms with van der Waals surface area (Å²) in [5, 5.41) is 8.86. The Morgan fingerprint density at radius 1 is 1.47 bits per heavy atom. The number of carbonyl (C=O) groups is 1. The van der Waals surface area contributed by atoms with E-state index in [-0.39, 0.29) is 6.42 Å². The highest BCUT2D eigenvalue weighted by Gasteiger charge is 2.29. The Kier molecular flexibility index (Phi) is 3.01. The summed E-state index contributed by atoms with van der Waals surface area (Å²) in [6, 6.07) is 5.84. The lowest BCUT2D eigenvalue weighted by Crippen LogP contribution is -2.02. The van der Waals surface area contributed by atoms with Crippen LogP contribution in [0.1, 0.15) is 43.5 Å². The Labute approximate surface area is 112 Å². The lowest BCUT2D eigenvalue weighted by atomic mass is 10.1. The molecule has 0 unspecified atom stereocenters. The number of carboxylic acid groups (broad SMARTS) is 1. The zero-order valence-corrected chi connectivity index (χ0v) is 11.1. The molecule has 1 aromatic heterocycles. The van der Waals surface area contributed by atoms with Crippen molar-refractivity contribution < 1.29 is 9.90 Å². The minimum atomic E-state index is -0.797. The lowest BCUT2D eigenvalue weighted by Gasteiger charge is -2.06. The molecule has 1 saturated carbocycles. The molecule has 3 rings (SSSR count). The molecule has 4 nitrogen and oxygen atoms in total. The topological polar surface area (TPSA) is 55.1 Å². The fourth-order valence-electron chi connectivity index (χ4n) is 2.59. The van der Waals surface area contributed by atoms with E-state index < -0.39 is 5.97 Å². The van der Waals surface area contributed by atoms with Crippen molar-refractivity contribution >= 4 is 17.0 Å². The summed E-state index contributed by atoms with van der Waals surface area (Å²) < 4.78 is 2.30. The van der Waals surface area contributed by atoms with Gasteiger partial charge in [0, 0.05) is 12.5 Å². The molecule has 0 saturated heterocycles. The number of hydrogen-bond donors (Lipinski definition) is 1. The molecule has 100 valence electrons. The Morgan fingerprint density at radius 2 is 2.26 bits per heavy atom. The average Bonchev–Trinajstić information content (AvgIpc) is 3.13. The van der Waals surface area contributed by atoms with Gasteiger partial charge in [-0.05, 0) is 37.0 Å². The predicted molar refractivity (Wildman–Crippen MR) is 73.3 cm³/mol. The van der Waals surface area contributed by atoms with Crippen LogP contribution >= 0.6 is 0 Å². The maximum absolute atomic E-state index is 10.8. The van der Waals surface area contributed by atoms with Gasteiger partial charge >= 0.3 is 5.97 Å². The van der Waals surface area contributed by atoms with Crippen molar-refractivity contribution in [1.29, 1.82) is 0 Å². The SMILES string of the molecule is CCCn1c(C2CC2)nc2cc(CC(=O)O)ccc21. The Balaban J connectivity index is 2.06. The highest BCUT2D eigenvalue weighted by molar-refractivity contribution is 5.79. The van der Waals surface area contributed by atoms with Gasteiger partial charge in [0.15, 0.2) is 0 Å². The maximum atomic E-state index is 10.8. The van der Waals surface area contributed by atoms with Crippen LogP contribution in [0.3, 0.4) is 0 Å². The monoisotopic (exact) mass is 258 g/mol. The number of rotatable bonds is 5. The van der Waals surface area contributed by atoms with Gasteiger partial charge < -0.3 is 9.67 Å². The molecule has 0 amide bonds. The number of hydrogen-bond acceptors (Lipinski definition) is 2. The number of aliphatic carboxylic acids is 1. The Bertz CT molecular complexity index is 626. The normalized spacial score (nSPS) is 15.0. The summed E-state index contributed by atoms with van der Waals surface area (Å²) >= 11 is 0. The number of carboxylic acids is 1. The molecule has 0 radical (unpaired) electrons. The van der Waals surface area contributed by atoms with E-state index in [1.165, 1.54) is 18.7 Å². The van der Waals surface area contributed by atoms with Crippen LogP contribution in [-0.2, 0) is 17.8 Å². The van der Waals surface area contributed by atoms with Crippen molar-refractivity contribution in [2.75, 3.05) is 0 Å². The average molecular weight is 258 g/mol. The molecule has 0 atom stereocenters. The van der Waals surface area contributed by atoms with E-state index in [1.807, 2.05) is 18.2 Å². The number of aryl methyl sites for hydroxylation is 1. The lowest BCUT2D eigenvalue weighted by molar-refractivity contribution is -0.136. The van der Waals surface area contributed by atoms with Crippen LogP contribution < -0.4 is 0 Å². The maximum Gasteiger partial charge on any atom is 0.307 e. The summed E-state index contributed by atoms with van der Waals surface area (Å²) in [5.41, 5.74) is 2.90. The van der Waals surface area contributed by atoms with Gasteiger partial charge in [0.05, 0.1) is 17.5 Å². The number of nitrogens with zero attached hydrogens (tertiary/aromatic N) is 2. The molecule has 4 heteroatoms. The first-order valence-corrected chi connectivity index (χ1v) is 6.90. The van der Waals surface area contributed by atoms with Gasteiger partial charge in [-0.2, -0.15) is 0 Å². The number of benzene rings is 1. The number of imidazole rings is 1. The molecule has 2 aromatic rings. The zero-order valence-electron chi connectivity index (χ0n) is 11.1. The number of fused-ring (bicyclic) bond motifs is 1. The predicted octanol–water partition coefficient (Wildman–Crippen LogP) is 2.95. The standard InChI is InChI=1S/C15H18N2O2/c1-2-7-17-13-6-3-10(9-14(18)19)8-12(13)16-15(17)11-4-5-11/h3,6,8,11H,2,4-5,7,9H2,1H3,(H,18,19). The molecule has 0 aliphatic heterocycles. The second-order valence-electron chi connectivity index (χ2n) is 5.29. The minimum Gasteiger partial charge on any atom is -0.481 e. The van der Waals surface area contributed by atoms with Crippen molar-refractivity contribution in [1.82, 2.24) is 9.55 Å². The van der Waals surface area contributed by atoms with E-state index in [9.17, 15) is 4.79 Å². The van der Waals surface area contributed by atoms with Gasteiger partial charge in [-0.25, -0.2) is 4.98 Å². The molecule has 1 N–H and O–H groups in total. The van der Waals surface area contributed by atoms with Gasteiger partial charge in [-0.1, -0.05) is 13.0 Å². The summed E-state index contributed by atoms with van der Waals surface area (Å²) in [6.07, 6.45) is 3.61. The van der Waals surface area contributed by atoms with Crippen molar-refractivity contribution in [3.8, 4) is 0 Å². The van der Waals surface area contributed by atoms with Crippen LogP contribution in [0.15, 0.2) is 18.2 Å². The van der Waals surface area contributed by atoms with Gasteiger partial charge in [0.25, 0.3) is 0 Å². The van der Waals surface area contributed by atoms with E-state index in [0.29, 0.717) is 5.92 Å². The summed E-state index contributed by atoms with van der Waals surface area (Å²) in [6.45, 7) is 3.15. The first-order chi connectivity index (χ1) is 9.19. The van der Waals surface area contributed by atoms with Crippen molar-refractivity contribution in [3.05, 3.63) is 29.6 Å². The Morgan fingerprint density at radius 3 is 2.89 bits per heavy atom. The molecule has 0 spiro atoms. The third kappa shape index (κ3) is 2.35. The van der Waals surface area contributed by atoms with Crippen LogP contribution in [0.4, 0.5) is 0 Å². The van der Waals surface area contributed by atoms with Crippen LogP contribution in [-0.4, -0.2) is 20.6 Å². The van der Waals surface area contributed by atoms with E-state index >= 15 is 0 Å². The fourth-order valence-corrected chi connectivity index (χ4v) is 2.59. The van der Waals surface area contributed by atoms with Crippen LogP contribution in [0.2, 0.25) is 0 Å². The molecule has 1 aliphatic carbocycles. The van der Waals surface area contributed by atoms with Crippen LogP contribution in [0, 0.1) is 0 Å². The first-order valence-electron chi connectivity index (χ1n) is 6.90. The molecular weight excluding hydrogens is 240 g/mol. The fraction of sp³-hybridized carbons (Fsp3) is 0.467. The quantitative estimate of drug-likeness (QED) is 0.897. The highest BCUT2D eigenvalue weighted by atomic mass is 16.4. The van der Waals surface area contributed by atoms with E-state index in [4.69, 9.17) is 10.1 Å². The zero-order chi connectivity index (χ0) is 13.4. The largest absolute Gasteiger partial charge is 0.481 e.